The van der Waals surface area contributed by atoms with Crippen LogP contribution < -0.4 is 14.2 Å². The van der Waals surface area contributed by atoms with Crippen molar-refractivity contribution in [2.24, 2.45) is 0 Å². The molecule has 0 atom stereocenters. The van der Waals surface area contributed by atoms with Crippen molar-refractivity contribution in [2.45, 2.75) is 12.8 Å². The van der Waals surface area contributed by atoms with Crippen molar-refractivity contribution in [2.75, 3.05) is 20.3 Å². The number of rotatable bonds is 9. The molecule has 24 heavy (non-hydrogen) atoms. The number of aryl methyl sites for hydroxylation is 1. The molecule has 0 saturated heterocycles. The molecule has 2 aromatic rings. The van der Waals surface area contributed by atoms with Crippen molar-refractivity contribution < 1.29 is 24.1 Å². The number of aliphatic carboxylic acids is 1. The van der Waals surface area contributed by atoms with Crippen molar-refractivity contribution in [1.82, 2.24) is 0 Å². The van der Waals surface area contributed by atoms with E-state index in [-0.39, 0.29) is 6.42 Å². The fourth-order valence-corrected chi connectivity index (χ4v) is 2.21. The molecule has 0 amide bonds. The molecule has 0 aliphatic rings. The van der Waals surface area contributed by atoms with Gasteiger partial charge in [-0.3, -0.25) is 4.79 Å². The molecule has 5 nitrogen and oxygen atoms in total. The maximum atomic E-state index is 10.7. The van der Waals surface area contributed by atoms with Gasteiger partial charge in [0.05, 0.1) is 7.11 Å². The zero-order chi connectivity index (χ0) is 17.4. The number of hydrogen-bond donors (Lipinski definition) is 1. The lowest BCUT2D eigenvalue weighted by Crippen LogP contribution is -2.09. The average Bonchev–Trinajstić information content (AvgIpc) is 2.58. The van der Waals surface area contributed by atoms with E-state index in [2.05, 4.69) is 0 Å². The molecule has 0 heterocycles. The Morgan fingerprint density at radius 1 is 1.04 bits per heavy atom. The van der Waals surface area contributed by atoms with Crippen molar-refractivity contribution in [1.29, 1.82) is 0 Å². The van der Waals surface area contributed by atoms with Crippen LogP contribution in [0.1, 0.15) is 12.0 Å². The van der Waals surface area contributed by atoms with Gasteiger partial charge in [-0.05, 0) is 48.4 Å². The minimum Gasteiger partial charge on any atom is -0.493 e. The lowest BCUT2D eigenvalue weighted by molar-refractivity contribution is -0.136. The Hall–Kier alpha value is -2.40. The molecule has 6 heteroatoms. The molecular weight excluding hydrogens is 332 g/mol. The fourth-order valence-electron chi connectivity index (χ4n) is 2.08. The second kappa shape index (κ2) is 9.03. The first-order chi connectivity index (χ1) is 11.6. The Labute approximate surface area is 145 Å². The van der Waals surface area contributed by atoms with E-state index in [0.29, 0.717) is 41.9 Å². The van der Waals surface area contributed by atoms with Gasteiger partial charge < -0.3 is 19.3 Å². The zero-order valence-corrected chi connectivity index (χ0v) is 14.1. The minimum atomic E-state index is -0.829. The van der Waals surface area contributed by atoms with Crippen LogP contribution in [0.15, 0.2) is 42.5 Å². The SMILES string of the molecule is COc1ccc(CCC(=O)O)cc1OCCOc1ccc(Cl)cc1. The van der Waals surface area contributed by atoms with Crippen molar-refractivity contribution in [3.8, 4) is 17.2 Å². The molecule has 0 bridgehead atoms. The highest BCUT2D eigenvalue weighted by atomic mass is 35.5. The molecule has 128 valence electrons. The second-order valence-electron chi connectivity index (χ2n) is 5.03. The van der Waals surface area contributed by atoms with Gasteiger partial charge in [-0.1, -0.05) is 17.7 Å². The van der Waals surface area contributed by atoms with E-state index in [0.717, 1.165) is 5.56 Å². The van der Waals surface area contributed by atoms with Crippen molar-refractivity contribution >= 4 is 17.6 Å². The van der Waals surface area contributed by atoms with Crippen LogP contribution in [-0.2, 0) is 11.2 Å². The summed E-state index contributed by atoms with van der Waals surface area (Å²) < 4.78 is 16.5. The number of carboxylic acid groups (broad SMARTS) is 1. The van der Waals surface area contributed by atoms with Crippen LogP contribution in [-0.4, -0.2) is 31.4 Å². The topological polar surface area (TPSA) is 65.0 Å². The molecule has 0 unspecified atom stereocenters. The Kier molecular flexibility index (Phi) is 6.75. The van der Waals surface area contributed by atoms with E-state index < -0.39 is 5.97 Å². The highest BCUT2D eigenvalue weighted by Crippen LogP contribution is 2.28. The molecule has 0 fully saturated rings. The normalized spacial score (nSPS) is 10.2. The van der Waals surface area contributed by atoms with E-state index >= 15 is 0 Å². The molecule has 0 aliphatic heterocycles. The summed E-state index contributed by atoms with van der Waals surface area (Å²) in [6.45, 7) is 0.700. The van der Waals surface area contributed by atoms with E-state index in [1.54, 1.807) is 43.5 Å². The summed E-state index contributed by atoms with van der Waals surface area (Å²) in [5, 5.41) is 9.42. The van der Waals surface area contributed by atoms with Gasteiger partial charge in [-0.15, -0.1) is 0 Å². The predicted molar refractivity (Wildman–Crippen MR) is 91.4 cm³/mol. The van der Waals surface area contributed by atoms with Gasteiger partial charge in [0.2, 0.25) is 0 Å². The summed E-state index contributed by atoms with van der Waals surface area (Å²) in [5.74, 6) is 1.05. The number of benzene rings is 2. The molecule has 1 N–H and O–H groups in total. The maximum Gasteiger partial charge on any atom is 0.303 e. The van der Waals surface area contributed by atoms with Crippen molar-refractivity contribution in [3.05, 3.63) is 53.1 Å². The van der Waals surface area contributed by atoms with Crippen LogP contribution in [0.25, 0.3) is 0 Å². The van der Waals surface area contributed by atoms with Crippen LogP contribution in [0.2, 0.25) is 5.02 Å². The summed E-state index contributed by atoms with van der Waals surface area (Å²) >= 11 is 5.82. The quantitative estimate of drug-likeness (QED) is 0.696. The van der Waals surface area contributed by atoms with E-state index in [4.69, 9.17) is 30.9 Å². The molecular formula is C18H19ClO5. The van der Waals surface area contributed by atoms with Gasteiger partial charge in [0.25, 0.3) is 0 Å². The first-order valence-corrected chi connectivity index (χ1v) is 7.86. The lowest BCUT2D eigenvalue weighted by Gasteiger charge is -2.13. The number of methoxy groups -OCH3 is 1. The zero-order valence-electron chi connectivity index (χ0n) is 13.3. The number of carbonyl (C=O) groups is 1. The first-order valence-electron chi connectivity index (χ1n) is 7.48. The molecule has 0 spiro atoms. The molecule has 0 aromatic heterocycles. The monoisotopic (exact) mass is 350 g/mol. The molecule has 2 rings (SSSR count). The number of halogens is 1. The molecule has 0 radical (unpaired) electrons. The Bertz CT molecular complexity index is 670. The highest BCUT2D eigenvalue weighted by molar-refractivity contribution is 6.30. The summed E-state index contributed by atoms with van der Waals surface area (Å²) in [6, 6.07) is 12.5. The number of carboxylic acids is 1. The number of hydrogen-bond acceptors (Lipinski definition) is 4. The Morgan fingerprint density at radius 3 is 2.42 bits per heavy atom. The van der Waals surface area contributed by atoms with Gasteiger partial charge in [-0.2, -0.15) is 0 Å². The molecule has 2 aromatic carbocycles. The Morgan fingerprint density at radius 2 is 1.75 bits per heavy atom. The standard InChI is InChI=1S/C18H19ClO5/c1-22-16-8-2-13(3-9-18(20)21)12-17(16)24-11-10-23-15-6-4-14(19)5-7-15/h2,4-8,12H,3,9-11H2,1H3,(H,20,21). The van der Waals surface area contributed by atoms with Crippen LogP contribution in [0.3, 0.4) is 0 Å². The van der Waals surface area contributed by atoms with Gasteiger partial charge in [0.15, 0.2) is 11.5 Å². The smallest absolute Gasteiger partial charge is 0.303 e. The summed E-state index contributed by atoms with van der Waals surface area (Å²) in [5.41, 5.74) is 0.881. The summed E-state index contributed by atoms with van der Waals surface area (Å²) in [7, 11) is 1.56. The van der Waals surface area contributed by atoms with Crippen molar-refractivity contribution in [3.63, 3.8) is 0 Å². The van der Waals surface area contributed by atoms with Crippen LogP contribution in [0.4, 0.5) is 0 Å². The third-order valence-corrected chi connectivity index (χ3v) is 3.53. The highest BCUT2D eigenvalue weighted by Gasteiger charge is 2.07. The Balaban J connectivity index is 1.88. The van der Waals surface area contributed by atoms with Gasteiger partial charge in [-0.25, -0.2) is 0 Å². The maximum absolute atomic E-state index is 10.7. The minimum absolute atomic E-state index is 0.0748. The van der Waals surface area contributed by atoms with E-state index in [1.165, 1.54) is 0 Å². The average molecular weight is 351 g/mol. The molecule has 0 aliphatic carbocycles. The lowest BCUT2D eigenvalue weighted by atomic mass is 10.1. The largest absolute Gasteiger partial charge is 0.493 e. The van der Waals surface area contributed by atoms with Gasteiger partial charge in [0, 0.05) is 11.4 Å². The van der Waals surface area contributed by atoms with Crippen LogP contribution in [0, 0.1) is 0 Å². The fraction of sp³-hybridized carbons (Fsp3) is 0.278. The third kappa shape index (κ3) is 5.66. The first kappa shape index (κ1) is 17.9. The predicted octanol–water partition coefficient (Wildman–Crippen LogP) is 3.82. The van der Waals surface area contributed by atoms with E-state index in [1.807, 2.05) is 6.07 Å². The van der Waals surface area contributed by atoms with Gasteiger partial charge in [0.1, 0.15) is 19.0 Å². The number of ether oxygens (including phenoxy) is 3. The van der Waals surface area contributed by atoms with Crippen LogP contribution in [0.5, 0.6) is 17.2 Å². The third-order valence-electron chi connectivity index (χ3n) is 3.28. The molecule has 0 saturated carbocycles. The summed E-state index contributed by atoms with van der Waals surface area (Å²) in [6.07, 6.45) is 0.516. The van der Waals surface area contributed by atoms with Gasteiger partial charge >= 0.3 is 5.97 Å². The summed E-state index contributed by atoms with van der Waals surface area (Å²) in [4.78, 5) is 10.7. The van der Waals surface area contributed by atoms with E-state index in [9.17, 15) is 4.79 Å². The second-order valence-corrected chi connectivity index (χ2v) is 5.47. The van der Waals surface area contributed by atoms with Crippen LogP contribution >= 0.6 is 11.6 Å².